The van der Waals surface area contributed by atoms with Crippen molar-refractivity contribution in [1.29, 1.82) is 0 Å². The number of halogens is 1. The second-order valence-electron chi connectivity index (χ2n) is 5.44. The molecule has 0 aliphatic carbocycles. The molecular weight excluding hydrogens is 294 g/mol. The molecule has 2 unspecified atom stereocenters. The number of carboxylic acid groups (broad SMARTS) is 1. The number of amides is 1. The average molecular weight is 310 g/mol. The first-order valence-corrected chi connectivity index (χ1v) is 7.42. The van der Waals surface area contributed by atoms with E-state index < -0.39 is 18.1 Å². The smallest absolute Gasteiger partial charge is 0.326 e. The van der Waals surface area contributed by atoms with E-state index in [9.17, 15) is 14.7 Å². The van der Waals surface area contributed by atoms with Crippen molar-refractivity contribution in [1.82, 2.24) is 4.90 Å². The highest BCUT2D eigenvalue weighted by Gasteiger charge is 2.38. The first kappa shape index (κ1) is 14.2. The highest BCUT2D eigenvalue weighted by atomic mass is 35.5. The molecule has 1 amide bonds. The number of carbonyl (C=O) groups is 2. The molecule has 2 aliphatic heterocycles. The van der Waals surface area contributed by atoms with Gasteiger partial charge in [0.15, 0.2) is 6.10 Å². The number of carboxylic acids is 1. The lowest BCUT2D eigenvalue weighted by Crippen LogP contribution is -2.52. The minimum absolute atomic E-state index is 0.241. The largest absolute Gasteiger partial charge is 0.480 e. The fourth-order valence-corrected chi connectivity index (χ4v) is 3.19. The fraction of sp³-hybridized carbons (Fsp3) is 0.467. The number of ether oxygens (including phenoxy) is 1. The van der Waals surface area contributed by atoms with Crippen LogP contribution in [-0.2, 0) is 16.0 Å². The molecule has 0 saturated carbocycles. The molecule has 3 rings (SSSR count). The van der Waals surface area contributed by atoms with Crippen molar-refractivity contribution >= 4 is 23.5 Å². The molecule has 1 fully saturated rings. The molecule has 5 nitrogen and oxygen atoms in total. The number of rotatable bonds is 2. The van der Waals surface area contributed by atoms with Crippen LogP contribution >= 0.6 is 11.6 Å². The molecule has 0 aromatic heterocycles. The van der Waals surface area contributed by atoms with Crippen LogP contribution in [-0.4, -0.2) is 40.6 Å². The molecule has 1 N–H and O–H groups in total. The van der Waals surface area contributed by atoms with Crippen LogP contribution in [0.2, 0.25) is 5.02 Å². The quantitative estimate of drug-likeness (QED) is 0.908. The summed E-state index contributed by atoms with van der Waals surface area (Å²) in [5.74, 6) is -0.530. The summed E-state index contributed by atoms with van der Waals surface area (Å²) >= 11 is 5.94. The van der Waals surface area contributed by atoms with E-state index in [-0.39, 0.29) is 5.91 Å². The van der Waals surface area contributed by atoms with E-state index in [0.717, 1.165) is 18.4 Å². The van der Waals surface area contributed by atoms with Crippen molar-refractivity contribution in [2.45, 2.75) is 37.8 Å². The molecular formula is C15H16ClNO4. The molecule has 0 radical (unpaired) electrons. The number of fused-ring (bicyclic) bond motifs is 1. The highest BCUT2D eigenvalue weighted by molar-refractivity contribution is 6.30. The van der Waals surface area contributed by atoms with Crippen LogP contribution in [0.3, 0.4) is 0 Å². The van der Waals surface area contributed by atoms with E-state index in [1.807, 2.05) is 0 Å². The third-order valence-corrected chi connectivity index (χ3v) is 4.28. The third-order valence-electron chi connectivity index (χ3n) is 4.04. The van der Waals surface area contributed by atoms with Gasteiger partial charge in [-0.3, -0.25) is 4.79 Å². The summed E-state index contributed by atoms with van der Waals surface area (Å²) in [5.41, 5.74) is 0.893. The lowest BCUT2D eigenvalue weighted by Gasteiger charge is -2.34. The van der Waals surface area contributed by atoms with E-state index in [1.165, 1.54) is 4.90 Å². The normalized spacial score (nSPS) is 24.3. The van der Waals surface area contributed by atoms with E-state index in [4.69, 9.17) is 16.3 Å². The van der Waals surface area contributed by atoms with Gasteiger partial charge < -0.3 is 14.7 Å². The molecule has 2 heterocycles. The van der Waals surface area contributed by atoms with Crippen LogP contribution in [0.1, 0.15) is 24.8 Å². The molecule has 1 aromatic rings. The van der Waals surface area contributed by atoms with E-state index in [1.54, 1.807) is 18.2 Å². The second-order valence-corrected chi connectivity index (χ2v) is 5.88. The van der Waals surface area contributed by atoms with Crippen LogP contribution < -0.4 is 4.74 Å². The number of hydrogen-bond donors (Lipinski definition) is 1. The standard InChI is InChI=1S/C15H16ClNO4/c16-10-4-5-12-9(7-10)8-13(21-12)14(18)17-6-2-1-3-11(17)15(19)20/h4-5,7,11,13H,1-3,6,8H2,(H,19,20). The van der Waals surface area contributed by atoms with Crippen LogP contribution in [0.5, 0.6) is 5.75 Å². The minimum atomic E-state index is -0.943. The summed E-state index contributed by atoms with van der Waals surface area (Å²) in [7, 11) is 0. The van der Waals surface area contributed by atoms with Crippen molar-refractivity contribution < 1.29 is 19.4 Å². The zero-order valence-electron chi connectivity index (χ0n) is 11.4. The van der Waals surface area contributed by atoms with E-state index in [2.05, 4.69) is 0 Å². The molecule has 1 aromatic carbocycles. The number of hydrogen-bond acceptors (Lipinski definition) is 3. The summed E-state index contributed by atoms with van der Waals surface area (Å²) in [6.07, 6.45) is 1.98. The Morgan fingerprint density at radius 1 is 1.33 bits per heavy atom. The van der Waals surface area contributed by atoms with E-state index in [0.29, 0.717) is 30.2 Å². The summed E-state index contributed by atoms with van der Waals surface area (Å²) in [4.78, 5) is 25.3. The van der Waals surface area contributed by atoms with Gasteiger partial charge in [0.2, 0.25) is 0 Å². The zero-order chi connectivity index (χ0) is 15.0. The average Bonchev–Trinajstić information content (AvgIpc) is 2.89. The number of benzene rings is 1. The van der Waals surface area contributed by atoms with Crippen molar-refractivity contribution in [3.8, 4) is 5.75 Å². The van der Waals surface area contributed by atoms with Gasteiger partial charge in [0, 0.05) is 18.0 Å². The van der Waals surface area contributed by atoms with Gasteiger partial charge in [-0.25, -0.2) is 4.79 Å². The Morgan fingerprint density at radius 2 is 2.14 bits per heavy atom. The summed E-state index contributed by atoms with van der Waals surface area (Å²) in [6.45, 7) is 0.479. The van der Waals surface area contributed by atoms with Gasteiger partial charge in [0.05, 0.1) is 0 Å². The van der Waals surface area contributed by atoms with Crippen LogP contribution in [0.15, 0.2) is 18.2 Å². The molecule has 6 heteroatoms. The Morgan fingerprint density at radius 3 is 2.90 bits per heavy atom. The predicted molar refractivity (Wildman–Crippen MR) is 76.6 cm³/mol. The Kier molecular flexibility index (Phi) is 3.76. The molecule has 0 spiro atoms. The SMILES string of the molecule is O=C(O)C1CCCCN1C(=O)C1Cc2cc(Cl)ccc2O1. The lowest BCUT2D eigenvalue weighted by molar-refractivity contribution is -0.155. The van der Waals surface area contributed by atoms with Crippen molar-refractivity contribution in [2.24, 2.45) is 0 Å². The number of nitrogens with zero attached hydrogens (tertiary/aromatic N) is 1. The lowest BCUT2D eigenvalue weighted by atomic mass is 10.0. The monoisotopic (exact) mass is 309 g/mol. The molecule has 2 aliphatic rings. The Labute approximate surface area is 127 Å². The van der Waals surface area contributed by atoms with Gasteiger partial charge in [-0.15, -0.1) is 0 Å². The summed E-state index contributed by atoms with van der Waals surface area (Å²) in [6, 6.07) is 4.51. The Hall–Kier alpha value is -1.75. The van der Waals surface area contributed by atoms with Gasteiger partial charge in [-0.05, 0) is 43.0 Å². The number of likely N-dealkylation sites (tertiary alicyclic amines) is 1. The van der Waals surface area contributed by atoms with Gasteiger partial charge in [-0.2, -0.15) is 0 Å². The third kappa shape index (κ3) is 2.70. The first-order chi connectivity index (χ1) is 10.1. The number of carbonyl (C=O) groups excluding carboxylic acids is 1. The fourth-order valence-electron chi connectivity index (χ4n) is 2.99. The molecule has 21 heavy (non-hydrogen) atoms. The minimum Gasteiger partial charge on any atom is -0.480 e. The van der Waals surface area contributed by atoms with E-state index >= 15 is 0 Å². The predicted octanol–water partition coefficient (Wildman–Crippen LogP) is 2.11. The molecule has 2 atom stereocenters. The van der Waals surface area contributed by atoms with Gasteiger partial charge in [0.1, 0.15) is 11.8 Å². The molecule has 1 saturated heterocycles. The molecule has 112 valence electrons. The van der Waals surface area contributed by atoms with Crippen LogP contribution in [0, 0.1) is 0 Å². The van der Waals surface area contributed by atoms with Crippen molar-refractivity contribution in [3.63, 3.8) is 0 Å². The summed E-state index contributed by atoms with van der Waals surface area (Å²) < 4.78 is 5.66. The van der Waals surface area contributed by atoms with Crippen LogP contribution in [0.25, 0.3) is 0 Å². The summed E-state index contributed by atoms with van der Waals surface area (Å²) in [5, 5.41) is 9.86. The second kappa shape index (κ2) is 5.56. The molecule has 0 bridgehead atoms. The van der Waals surface area contributed by atoms with Crippen molar-refractivity contribution in [3.05, 3.63) is 28.8 Å². The Balaban J connectivity index is 1.76. The number of aliphatic carboxylic acids is 1. The maximum Gasteiger partial charge on any atom is 0.326 e. The highest BCUT2D eigenvalue weighted by Crippen LogP contribution is 2.32. The van der Waals surface area contributed by atoms with Gasteiger partial charge in [0.25, 0.3) is 5.91 Å². The number of piperidine rings is 1. The van der Waals surface area contributed by atoms with Crippen molar-refractivity contribution in [2.75, 3.05) is 6.54 Å². The zero-order valence-corrected chi connectivity index (χ0v) is 12.2. The maximum absolute atomic E-state index is 12.6. The Bertz CT molecular complexity index is 589. The van der Waals surface area contributed by atoms with Gasteiger partial charge >= 0.3 is 5.97 Å². The first-order valence-electron chi connectivity index (χ1n) is 7.04. The van der Waals surface area contributed by atoms with Gasteiger partial charge in [-0.1, -0.05) is 11.6 Å². The van der Waals surface area contributed by atoms with Crippen LogP contribution in [0.4, 0.5) is 0 Å². The maximum atomic E-state index is 12.6. The topological polar surface area (TPSA) is 66.8 Å².